The number of aromatic nitrogens is 1. The predicted molar refractivity (Wildman–Crippen MR) is 70.0 cm³/mol. The highest BCUT2D eigenvalue weighted by Crippen LogP contribution is 2.33. The lowest BCUT2D eigenvalue weighted by molar-refractivity contribution is 0.0968. The Labute approximate surface area is 106 Å². The Morgan fingerprint density at radius 3 is 2.82 bits per heavy atom. The van der Waals surface area contributed by atoms with E-state index in [-0.39, 0.29) is 5.78 Å². The number of anilines is 1. The summed E-state index contributed by atoms with van der Waals surface area (Å²) in [6.07, 6.45) is 6.81. The van der Waals surface area contributed by atoms with Gasteiger partial charge in [-0.15, -0.1) is 11.3 Å². The normalized spacial score (nSPS) is 19.9. The maximum Gasteiger partial charge on any atom is 0.185 e. The number of thiazole rings is 1. The summed E-state index contributed by atoms with van der Waals surface area (Å²) in [6.45, 7) is 1.10. The van der Waals surface area contributed by atoms with Crippen molar-refractivity contribution in [2.75, 3.05) is 18.5 Å². The molecule has 17 heavy (non-hydrogen) atoms. The van der Waals surface area contributed by atoms with Gasteiger partial charge in [0.05, 0.1) is 0 Å². The molecule has 0 bridgehead atoms. The van der Waals surface area contributed by atoms with E-state index in [0.717, 1.165) is 36.1 Å². The van der Waals surface area contributed by atoms with Gasteiger partial charge in [-0.1, -0.05) is 6.42 Å². The van der Waals surface area contributed by atoms with E-state index in [0.29, 0.717) is 6.42 Å². The van der Waals surface area contributed by atoms with Crippen LogP contribution < -0.4 is 4.90 Å². The molecule has 92 valence electrons. The topological polar surface area (TPSA) is 33.2 Å². The van der Waals surface area contributed by atoms with Gasteiger partial charge in [0.15, 0.2) is 10.9 Å². The van der Waals surface area contributed by atoms with E-state index in [9.17, 15) is 4.79 Å². The lowest BCUT2D eigenvalue weighted by Crippen LogP contribution is -2.29. The van der Waals surface area contributed by atoms with Gasteiger partial charge in [0.25, 0.3) is 0 Å². The van der Waals surface area contributed by atoms with E-state index in [1.165, 1.54) is 24.1 Å². The number of aryl methyl sites for hydroxylation is 1. The molecular formula is C13H18N2OS. The van der Waals surface area contributed by atoms with Gasteiger partial charge in [-0.05, 0) is 31.6 Å². The fourth-order valence-corrected chi connectivity index (χ4v) is 3.65. The quantitative estimate of drug-likeness (QED) is 0.827. The van der Waals surface area contributed by atoms with Crippen LogP contribution in [0.2, 0.25) is 0 Å². The molecule has 4 heteroatoms. The molecule has 3 nitrogen and oxygen atoms in total. The Morgan fingerprint density at radius 2 is 2.18 bits per heavy atom. The summed E-state index contributed by atoms with van der Waals surface area (Å²) < 4.78 is 0. The van der Waals surface area contributed by atoms with Crippen molar-refractivity contribution in [1.82, 2.24) is 4.98 Å². The second kappa shape index (κ2) is 4.41. The van der Waals surface area contributed by atoms with Gasteiger partial charge in [-0.25, -0.2) is 4.98 Å². The Hall–Kier alpha value is -0.900. The van der Waals surface area contributed by atoms with E-state index in [2.05, 4.69) is 16.9 Å². The smallest absolute Gasteiger partial charge is 0.185 e. The second-order valence-corrected chi connectivity index (χ2v) is 6.28. The molecule has 1 aromatic heterocycles. The molecule has 0 amide bonds. The summed E-state index contributed by atoms with van der Waals surface area (Å²) in [5.74, 6) is 1.09. The first-order valence-electron chi connectivity index (χ1n) is 6.48. The summed E-state index contributed by atoms with van der Waals surface area (Å²) in [5, 5.41) is 1.04. The van der Waals surface area contributed by atoms with Crippen LogP contribution in [0.3, 0.4) is 0 Å². The van der Waals surface area contributed by atoms with Gasteiger partial charge in [0.2, 0.25) is 0 Å². The molecule has 1 aromatic rings. The summed E-state index contributed by atoms with van der Waals surface area (Å²) in [4.78, 5) is 19.7. The van der Waals surface area contributed by atoms with Crippen LogP contribution in [0.25, 0.3) is 0 Å². The third-order valence-electron chi connectivity index (χ3n) is 3.84. The Balaban J connectivity index is 1.76. The van der Waals surface area contributed by atoms with Crippen molar-refractivity contribution in [3.05, 3.63) is 10.6 Å². The van der Waals surface area contributed by atoms with Crippen LogP contribution in [-0.2, 0) is 6.42 Å². The first kappa shape index (κ1) is 11.2. The van der Waals surface area contributed by atoms with Crippen molar-refractivity contribution in [3.63, 3.8) is 0 Å². The van der Waals surface area contributed by atoms with E-state index < -0.39 is 0 Å². The van der Waals surface area contributed by atoms with Crippen molar-refractivity contribution in [3.8, 4) is 0 Å². The van der Waals surface area contributed by atoms with Crippen molar-refractivity contribution in [1.29, 1.82) is 0 Å². The van der Waals surface area contributed by atoms with Gasteiger partial charge in [0.1, 0.15) is 5.69 Å². The fraction of sp³-hybridized carbons (Fsp3) is 0.692. The Bertz CT molecular complexity index is 437. The largest absolute Gasteiger partial charge is 0.351 e. The summed E-state index contributed by atoms with van der Waals surface area (Å²) in [5.41, 5.74) is 0.761. The standard InChI is InChI=1S/C13H18N2OS/c1-15(8-9-4-2-5-9)13-14-12-10(16)6-3-7-11(12)17-13/h9H,2-8H2,1H3. The molecule has 1 saturated carbocycles. The van der Waals surface area contributed by atoms with Crippen LogP contribution in [0.5, 0.6) is 0 Å². The number of hydrogen-bond donors (Lipinski definition) is 0. The molecule has 0 aliphatic heterocycles. The van der Waals surface area contributed by atoms with E-state index in [1.807, 2.05) is 0 Å². The van der Waals surface area contributed by atoms with Crippen LogP contribution in [0, 0.1) is 5.92 Å². The maximum atomic E-state index is 11.7. The van der Waals surface area contributed by atoms with E-state index >= 15 is 0 Å². The number of ketones is 1. The second-order valence-electron chi connectivity index (χ2n) is 5.22. The van der Waals surface area contributed by atoms with Crippen molar-refractivity contribution in [2.24, 2.45) is 5.92 Å². The lowest BCUT2D eigenvalue weighted by Gasteiger charge is -2.29. The minimum atomic E-state index is 0.241. The molecule has 2 aliphatic rings. The van der Waals surface area contributed by atoms with Gasteiger partial charge >= 0.3 is 0 Å². The van der Waals surface area contributed by atoms with E-state index in [4.69, 9.17) is 0 Å². The molecule has 2 aliphatic carbocycles. The highest BCUT2D eigenvalue weighted by molar-refractivity contribution is 7.16. The molecule has 1 fully saturated rings. The summed E-state index contributed by atoms with van der Waals surface area (Å²) >= 11 is 1.72. The third-order valence-corrected chi connectivity index (χ3v) is 5.07. The highest BCUT2D eigenvalue weighted by Gasteiger charge is 2.25. The molecule has 1 heterocycles. The third kappa shape index (κ3) is 2.10. The average Bonchev–Trinajstić information content (AvgIpc) is 2.68. The SMILES string of the molecule is CN(CC1CCC1)c1nc2c(s1)CCCC2=O. The van der Waals surface area contributed by atoms with E-state index in [1.54, 1.807) is 11.3 Å². The maximum absolute atomic E-state index is 11.7. The molecule has 3 rings (SSSR count). The average molecular weight is 250 g/mol. The van der Waals surface area contributed by atoms with Crippen LogP contribution in [0.15, 0.2) is 0 Å². The van der Waals surface area contributed by atoms with Crippen LogP contribution in [0.1, 0.15) is 47.5 Å². The summed E-state index contributed by atoms with van der Waals surface area (Å²) in [6, 6.07) is 0. The number of nitrogens with zero attached hydrogens (tertiary/aromatic N) is 2. The molecule has 0 spiro atoms. The van der Waals surface area contributed by atoms with Crippen LogP contribution >= 0.6 is 11.3 Å². The first-order chi connectivity index (χ1) is 8.24. The number of rotatable bonds is 3. The van der Waals surface area contributed by atoms with Crippen molar-refractivity contribution >= 4 is 22.3 Å². The highest BCUT2D eigenvalue weighted by atomic mass is 32.1. The Kier molecular flexibility index (Phi) is 2.90. The van der Waals surface area contributed by atoms with Crippen LogP contribution in [-0.4, -0.2) is 24.4 Å². The van der Waals surface area contributed by atoms with Gasteiger partial charge in [-0.3, -0.25) is 4.79 Å². The molecular weight excluding hydrogens is 232 g/mol. The molecule has 0 unspecified atom stereocenters. The zero-order valence-corrected chi connectivity index (χ0v) is 11.1. The molecule has 0 radical (unpaired) electrons. The predicted octanol–water partition coefficient (Wildman–Crippen LogP) is 2.90. The molecule has 0 aromatic carbocycles. The first-order valence-corrected chi connectivity index (χ1v) is 7.29. The molecule has 0 N–H and O–H groups in total. The van der Waals surface area contributed by atoms with Crippen molar-refractivity contribution < 1.29 is 4.79 Å². The molecule has 0 saturated heterocycles. The minimum absolute atomic E-state index is 0.241. The fourth-order valence-electron chi connectivity index (χ4n) is 2.56. The number of fused-ring (bicyclic) bond motifs is 1. The number of carbonyl (C=O) groups excluding carboxylic acids is 1. The summed E-state index contributed by atoms with van der Waals surface area (Å²) in [7, 11) is 2.10. The Morgan fingerprint density at radius 1 is 1.35 bits per heavy atom. The van der Waals surface area contributed by atoms with Gasteiger partial charge in [-0.2, -0.15) is 0 Å². The zero-order valence-electron chi connectivity index (χ0n) is 10.2. The van der Waals surface area contributed by atoms with Gasteiger partial charge in [0, 0.05) is 24.9 Å². The monoisotopic (exact) mass is 250 g/mol. The lowest BCUT2D eigenvalue weighted by atomic mass is 9.85. The number of carbonyl (C=O) groups is 1. The minimum Gasteiger partial charge on any atom is -0.351 e. The zero-order chi connectivity index (χ0) is 11.8. The number of hydrogen-bond acceptors (Lipinski definition) is 4. The number of Topliss-reactive ketones (excluding diaryl/α,β-unsaturated/α-hetero) is 1. The van der Waals surface area contributed by atoms with Gasteiger partial charge < -0.3 is 4.90 Å². The van der Waals surface area contributed by atoms with Crippen molar-refractivity contribution in [2.45, 2.75) is 38.5 Å². The van der Waals surface area contributed by atoms with Crippen LogP contribution in [0.4, 0.5) is 5.13 Å². The molecule has 0 atom stereocenters.